The topological polar surface area (TPSA) is 112 Å². The molecule has 1 heterocycles. The van der Waals surface area contributed by atoms with E-state index >= 15 is 0 Å². The number of carbonyl (C=O) groups is 2. The van der Waals surface area contributed by atoms with Crippen molar-refractivity contribution in [2.45, 2.75) is 45.7 Å². The highest BCUT2D eigenvalue weighted by Crippen LogP contribution is 2.34. The number of benzene rings is 3. The normalized spacial score (nSPS) is 14.2. The zero-order chi connectivity index (χ0) is 25.2. The van der Waals surface area contributed by atoms with E-state index < -0.39 is 12.0 Å². The maximum Gasteiger partial charge on any atom is 0.326 e. The zero-order valence-electron chi connectivity index (χ0n) is 20.4. The Kier molecular flexibility index (Phi) is 6.50. The Morgan fingerprint density at radius 2 is 1.75 bits per heavy atom. The van der Waals surface area contributed by atoms with Crippen molar-refractivity contribution in [2.24, 2.45) is 11.8 Å². The van der Waals surface area contributed by atoms with Gasteiger partial charge in [-0.25, -0.2) is 9.89 Å². The van der Waals surface area contributed by atoms with Gasteiger partial charge in [0.2, 0.25) is 5.91 Å². The van der Waals surface area contributed by atoms with E-state index in [1.807, 2.05) is 56.3 Å². The van der Waals surface area contributed by atoms with Crippen LogP contribution in [0.15, 0.2) is 60.7 Å². The average molecular weight is 484 g/mol. The third-order valence-electron chi connectivity index (χ3n) is 6.80. The summed E-state index contributed by atoms with van der Waals surface area (Å²) < 4.78 is 0. The number of aromatic amines is 1. The van der Waals surface area contributed by atoms with Gasteiger partial charge in [-0.15, -0.1) is 5.10 Å². The molecule has 1 atom stereocenters. The predicted octanol–water partition coefficient (Wildman–Crippen LogP) is 4.92. The number of carboxylic acid groups (broad SMARTS) is 1. The Bertz CT molecular complexity index is 1400. The lowest BCUT2D eigenvalue weighted by Gasteiger charge is -2.32. The first-order valence-electron chi connectivity index (χ1n) is 12.3. The lowest BCUT2D eigenvalue weighted by atomic mass is 9.96. The van der Waals surface area contributed by atoms with E-state index in [9.17, 15) is 14.7 Å². The lowest BCUT2D eigenvalue weighted by Crippen LogP contribution is -2.47. The Labute approximate surface area is 209 Å². The second-order valence-electron chi connectivity index (χ2n) is 9.89. The molecule has 1 amide bonds. The average Bonchev–Trinajstić information content (AvgIpc) is 3.50. The van der Waals surface area contributed by atoms with Crippen LogP contribution in [0.25, 0.3) is 33.3 Å². The minimum absolute atomic E-state index is 0.0763. The first kappa shape index (κ1) is 23.7. The van der Waals surface area contributed by atoms with E-state index in [4.69, 9.17) is 0 Å². The van der Waals surface area contributed by atoms with Gasteiger partial charge in [-0.3, -0.25) is 4.79 Å². The summed E-state index contributed by atoms with van der Waals surface area (Å²) in [5, 5.41) is 26.2. The van der Waals surface area contributed by atoms with Crippen molar-refractivity contribution < 1.29 is 14.7 Å². The largest absolute Gasteiger partial charge is 0.480 e. The summed E-state index contributed by atoms with van der Waals surface area (Å²) >= 11 is 0. The number of hydrogen-bond donors (Lipinski definition) is 2. The third kappa shape index (κ3) is 4.98. The number of rotatable bonds is 9. The van der Waals surface area contributed by atoms with Crippen LogP contribution >= 0.6 is 0 Å². The molecule has 4 aromatic rings. The van der Waals surface area contributed by atoms with Crippen molar-refractivity contribution in [3.8, 4) is 22.5 Å². The number of aromatic nitrogens is 4. The van der Waals surface area contributed by atoms with Crippen LogP contribution in [-0.2, 0) is 16.1 Å². The summed E-state index contributed by atoms with van der Waals surface area (Å²) in [7, 11) is 0. The second kappa shape index (κ2) is 9.89. The number of fused-ring (bicyclic) bond motifs is 1. The van der Waals surface area contributed by atoms with Crippen LogP contribution in [0.1, 0.15) is 38.7 Å². The molecule has 0 aliphatic heterocycles. The monoisotopic (exact) mass is 483 g/mol. The number of aliphatic carboxylic acids is 1. The molecule has 8 heteroatoms. The van der Waals surface area contributed by atoms with Crippen LogP contribution in [0.2, 0.25) is 0 Å². The molecule has 0 bridgehead atoms. The quantitative estimate of drug-likeness (QED) is 0.349. The van der Waals surface area contributed by atoms with E-state index in [0.29, 0.717) is 18.2 Å². The van der Waals surface area contributed by atoms with E-state index in [1.165, 1.54) is 0 Å². The summed E-state index contributed by atoms with van der Waals surface area (Å²) in [4.78, 5) is 26.7. The summed E-state index contributed by atoms with van der Waals surface area (Å²) in [6.07, 6.45) is 2.52. The number of hydrogen-bond acceptors (Lipinski definition) is 5. The highest BCUT2D eigenvalue weighted by molar-refractivity contribution is 5.91. The molecule has 1 saturated carbocycles. The molecule has 0 radical (unpaired) electrons. The fraction of sp³-hybridized carbons (Fsp3) is 0.321. The molecule has 5 rings (SSSR count). The number of nitrogens with zero attached hydrogens (tertiary/aromatic N) is 4. The fourth-order valence-corrected chi connectivity index (χ4v) is 4.78. The maximum absolute atomic E-state index is 13.1. The van der Waals surface area contributed by atoms with E-state index in [0.717, 1.165) is 45.9 Å². The Balaban J connectivity index is 1.45. The molecule has 8 nitrogen and oxygen atoms in total. The second-order valence-corrected chi connectivity index (χ2v) is 9.89. The van der Waals surface area contributed by atoms with Crippen molar-refractivity contribution >= 4 is 22.6 Å². The molecule has 184 valence electrons. The smallest absolute Gasteiger partial charge is 0.326 e. The van der Waals surface area contributed by atoms with E-state index in [1.54, 1.807) is 4.90 Å². The molecule has 1 aromatic heterocycles. The molecule has 1 aliphatic rings. The summed E-state index contributed by atoms with van der Waals surface area (Å²) in [5.41, 5.74) is 3.88. The van der Waals surface area contributed by atoms with Gasteiger partial charge in [-0.2, -0.15) is 0 Å². The van der Waals surface area contributed by atoms with Crippen LogP contribution in [0.4, 0.5) is 0 Å². The van der Waals surface area contributed by atoms with Gasteiger partial charge in [0.25, 0.3) is 0 Å². The number of carboxylic acids is 1. The first-order valence-corrected chi connectivity index (χ1v) is 12.3. The van der Waals surface area contributed by atoms with Crippen LogP contribution in [0.5, 0.6) is 0 Å². The standard InChI is InChI=1S/C28H29N5O3/c1-17(2)26(28(35)36)33(25(34)14-18-7-8-18)16-19-9-10-21-15-22(12-11-20(21)13-19)23-5-3-4-6-24(23)27-29-31-32-30-27/h3-6,9-13,15,17-18,26H,7-8,14,16H2,1-2H3,(H,35,36)(H,29,30,31,32)/t26-/m0/s1. The summed E-state index contributed by atoms with van der Waals surface area (Å²) in [6.45, 7) is 3.98. The Hall–Kier alpha value is -4.07. The van der Waals surface area contributed by atoms with Crippen molar-refractivity contribution in [3.05, 3.63) is 66.2 Å². The Morgan fingerprint density at radius 3 is 2.42 bits per heavy atom. The van der Waals surface area contributed by atoms with E-state index in [-0.39, 0.29) is 18.4 Å². The van der Waals surface area contributed by atoms with Gasteiger partial charge in [-0.1, -0.05) is 62.4 Å². The molecule has 0 spiro atoms. The summed E-state index contributed by atoms with van der Waals surface area (Å²) in [6, 6.07) is 19.4. The fourth-order valence-electron chi connectivity index (χ4n) is 4.78. The van der Waals surface area contributed by atoms with Gasteiger partial charge < -0.3 is 10.0 Å². The highest BCUT2D eigenvalue weighted by atomic mass is 16.4. The van der Waals surface area contributed by atoms with Gasteiger partial charge in [0, 0.05) is 18.5 Å². The first-order chi connectivity index (χ1) is 17.4. The molecule has 3 aromatic carbocycles. The summed E-state index contributed by atoms with van der Waals surface area (Å²) in [5.74, 6) is -0.219. The molecular formula is C28H29N5O3. The lowest BCUT2D eigenvalue weighted by molar-refractivity contribution is -0.153. The molecule has 1 aliphatic carbocycles. The SMILES string of the molecule is CC(C)[C@@H](C(=O)O)N(Cc1ccc2cc(-c3ccccc3-c3nnn[nH]3)ccc2c1)C(=O)CC1CC1. The van der Waals surface area contributed by atoms with Crippen LogP contribution in [-0.4, -0.2) is 48.5 Å². The zero-order valence-corrected chi connectivity index (χ0v) is 20.4. The van der Waals surface area contributed by atoms with Crippen LogP contribution in [0, 0.1) is 11.8 Å². The van der Waals surface area contributed by atoms with Crippen LogP contribution < -0.4 is 0 Å². The molecular weight excluding hydrogens is 454 g/mol. The molecule has 36 heavy (non-hydrogen) atoms. The van der Waals surface area contributed by atoms with Gasteiger partial charge in [0.05, 0.1) is 0 Å². The Morgan fingerprint density at radius 1 is 1.03 bits per heavy atom. The molecule has 0 saturated heterocycles. The molecule has 0 unspecified atom stereocenters. The number of carbonyl (C=O) groups excluding carboxylic acids is 1. The third-order valence-corrected chi connectivity index (χ3v) is 6.80. The van der Waals surface area contributed by atoms with Gasteiger partial charge in [0.1, 0.15) is 6.04 Å². The highest BCUT2D eigenvalue weighted by Gasteiger charge is 2.35. The number of amides is 1. The van der Waals surface area contributed by atoms with Gasteiger partial charge >= 0.3 is 5.97 Å². The molecule has 2 N–H and O–H groups in total. The minimum Gasteiger partial charge on any atom is -0.480 e. The van der Waals surface area contributed by atoms with Crippen molar-refractivity contribution in [1.82, 2.24) is 25.5 Å². The number of H-pyrrole nitrogens is 1. The van der Waals surface area contributed by atoms with Crippen molar-refractivity contribution in [3.63, 3.8) is 0 Å². The van der Waals surface area contributed by atoms with Gasteiger partial charge in [0.15, 0.2) is 5.82 Å². The van der Waals surface area contributed by atoms with E-state index in [2.05, 4.69) is 38.8 Å². The predicted molar refractivity (Wildman–Crippen MR) is 137 cm³/mol. The van der Waals surface area contributed by atoms with Crippen molar-refractivity contribution in [1.29, 1.82) is 0 Å². The van der Waals surface area contributed by atoms with Gasteiger partial charge in [-0.05, 0) is 74.7 Å². The maximum atomic E-state index is 13.1. The van der Waals surface area contributed by atoms with Crippen LogP contribution in [0.3, 0.4) is 0 Å². The van der Waals surface area contributed by atoms with Crippen molar-refractivity contribution in [2.75, 3.05) is 0 Å². The number of nitrogens with one attached hydrogen (secondary N) is 1. The minimum atomic E-state index is -0.958. The number of tetrazole rings is 1. The molecule has 1 fully saturated rings.